The van der Waals surface area contributed by atoms with Gasteiger partial charge >= 0.3 is 0 Å². The highest BCUT2D eigenvalue weighted by Crippen LogP contribution is 2.21. The predicted octanol–water partition coefficient (Wildman–Crippen LogP) is 1.55. The zero-order valence-electron chi connectivity index (χ0n) is 13.3. The van der Waals surface area contributed by atoms with Crippen LogP contribution in [0.2, 0.25) is 0 Å². The van der Waals surface area contributed by atoms with Gasteiger partial charge in [-0.15, -0.1) is 0 Å². The third-order valence-corrected chi connectivity index (χ3v) is 4.27. The van der Waals surface area contributed by atoms with Gasteiger partial charge in [0, 0.05) is 31.6 Å². The molecule has 0 aliphatic carbocycles. The van der Waals surface area contributed by atoms with Crippen molar-refractivity contribution in [3.05, 3.63) is 0 Å². The van der Waals surface area contributed by atoms with Gasteiger partial charge in [0.05, 0.1) is 0 Å². The Balaban J connectivity index is 2.53. The number of carbonyl (C=O) groups is 1. The number of carbonyl (C=O) groups excluding carboxylic acids is 1. The first-order chi connectivity index (χ1) is 8.76. The van der Waals surface area contributed by atoms with Gasteiger partial charge in [-0.25, -0.2) is 0 Å². The fourth-order valence-corrected chi connectivity index (χ4v) is 2.76. The Morgan fingerprint density at radius 2 is 1.95 bits per heavy atom. The summed E-state index contributed by atoms with van der Waals surface area (Å²) in [6.45, 7) is 12.0. The van der Waals surface area contributed by atoms with E-state index in [4.69, 9.17) is 5.73 Å². The van der Waals surface area contributed by atoms with Crippen molar-refractivity contribution < 1.29 is 4.79 Å². The van der Waals surface area contributed by atoms with Crippen LogP contribution in [-0.2, 0) is 4.79 Å². The summed E-state index contributed by atoms with van der Waals surface area (Å²) in [6, 6.07) is 0. The van der Waals surface area contributed by atoms with Crippen LogP contribution >= 0.6 is 0 Å². The maximum Gasteiger partial charge on any atom is 0.223 e. The smallest absolute Gasteiger partial charge is 0.223 e. The lowest BCUT2D eigenvalue weighted by atomic mass is 9.93. The van der Waals surface area contributed by atoms with Crippen molar-refractivity contribution >= 4 is 5.91 Å². The number of amides is 1. The van der Waals surface area contributed by atoms with E-state index in [2.05, 4.69) is 39.6 Å². The van der Waals surface area contributed by atoms with Crippen LogP contribution in [0, 0.1) is 11.8 Å². The second kappa shape index (κ2) is 6.71. The minimum absolute atomic E-state index is 0.0736. The van der Waals surface area contributed by atoms with Crippen LogP contribution in [0.4, 0.5) is 0 Å². The Kier molecular flexibility index (Phi) is 5.81. The normalized spacial score (nSPS) is 21.7. The summed E-state index contributed by atoms with van der Waals surface area (Å²) in [4.78, 5) is 16.7. The molecule has 1 rings (SSSR count). The molecule has 0 saturated carbocycles. The van der Waals surface area contributed by atoms with Gasteiger partial charge in [-0.1, -0.05) is 13.8 Å². The monoisotopic (exact) mass is 269 g/mol. The lowest BCUT2D eigenvalue weighted by Crippen LogP contribution is -2.59. The summed E-state index contributed by atoms with van der Waals surface area (Å²) in [6.07, 6.45) is 1.65. The fraction of sp³-hybridized carbons (Fsp3) is 0.933. The van der Waals surface area contributed by atoms with Crippen molar-refractivity contribution in [1.29, 1.82) is 0 Å². The lowest BCUT2D eigenvalue weighted by Gasteiger charge is -2.45. The van der Waals surface area contributed by atoms with Crippen LogP contribution in [0.5, 0.6) is 0 Å². The Bertz CT molecular complexity index is 302. The maximum absolute atomic E-state index is 12.4. The van der Waals surface area contributed by atoms with Crippen molar-refractivity contribution in [3.63, 3.8) is 0 Å². The summed E-state index contributed by atoms with van der Waals surface area (Å²) >= 11 is 0. The molecule has 2 N–H and O–H groups in total. The SMILES string of the molecule is CC(C)CC(CN)CC(=O)N1CCN(C)C(C)(C)C1. The topological polar surface area (TPSA) is 49.6 Å². The van der Waals surface area contributed by atoms with Crippen LogP contribution in [0.25, 0.3) is 0 Å². The van der Waals surface area contributed by atoms with Crippen molar-refractivity contribution in [2.24, 2.45) is 17.6 Å². The number of hydrogen-bond acceptors (Lipinski definition) is 3. The van der Waals surface area contributed by atoms with Gasteiger partial charge < -0.3 is 10.6 Å². The van der Waals surface area contributed by atoms with Crippen LogP contribution in [0.1, 0.15) is 40.5 Å². The minimum Gasteiger partial charge on any atom is -0.340 e. The van der Waals surface area contributed by atoms with E-state index >= 15 is 0 Å². The molecule has 1 fully saturated rings. The Hall–Kier alpha value is -0.610. The highest BCUT2D eigenvalue weighted by molar-refractivity contribution is 5.76. The lowest BCUT2D eigenvalue weighted by molar-refractivity contribution is -0.136. The number of rotatable bonds is 5. The molecule has 0 bridgehead atoms. The van der Waals surface area contributed by atoms with E-state index in [1.165, 1.54) is 0 Å². The van der Waals surface area contributed by atoms with Crippen molar-refractivity contribution in [1.82, 2.24) is 9.80 Å². The summed E-state index contributed by atoms with van der Waals surface area (Å²) < 4.78 is 0. The summed E-state index contributed by atoms with van der Waals surface area (Å²) in [5.41, 5.74) is 5.87. The van der Waals surface area contributed by atoms with E-state index in [1.54, 1.807) is 0 Å². The minimum atomic E-state index is 0.0736. The fourth-order valence-electron chi connectivity index (χ4n) is 2.76. The third-order valence-electron chi connectivity index (χ3n) is 4.27. The van der Waals surface area contributed by atoms with Crippen molar-refractivity contribution in [2.75, 3.05) is 33.2 Å². The first-order valence-electron chi connectivity index (χ1n) is 7.45. The van der Waals surface area contributed by atoms with Gasteiger partial charge in [-0.3, -0.25) is 9.69 Å². The van der Waals surface area contributed by atoms with Gasteiger partial charge in [0.15, 0.2) is 0 Å². The second-order valence-electron chi connectivity index (χ2n) is 6.98. The molecule has 0 aromatic rings. The first-order valence-corrected chi connectivity index (χ1v) is 7.45. The molecule has 1 atom stereocenters. The van der Waals surface area contributed by atoms with Crippen LogP contribution in [-0.4, -0.2) is 54.5 Å². The molecular weight excluding hydrogens is 238 g/mol. The molecule has 0 spiro atoms. The second-order valence-corrected chi connectivity index (χ2v) is 6.98. The maximum atomic E-state index is 12.4. The average molecular weight is 269 g/mol. The number of hydrogen-bond donors (Lipinski definition) is 1. The van der Waals surface area contributed by atoms with Gasteiger partial charge in [0.2, 0.25) is 5.91 Å². The average Bonchev–Trinajstić information content (AvgIpc) is 2.30. The van der Waals surface area contributed by atoms with Crippen LogP contribution in [0.15, 0.2) is 0 Å². The largest absolute Gasteiger partial charge is 0.340 e. The molecule has 1 amide bonds. The number of piperazine rings is 1. The number of nitrogens with two attached hydrogens (primary N) is 1. The molecule has 1 aliphatic heterocycles. The third kappa shape index (κ3) is 4.77. The quantitative estimate of drug-likeness (QED) is 0.824. The van der Waals surface area contributed by atoms with Gasteiger partial charge in [-0.2, -0.15) is 0 Å². The number of likely N-dealkylation sites (N-methyl/N-ethyl adjacent to an activating group) is 1. The standard InChI is InChI=1S/C15H31N3O/c1-12(2)8-13(10-16)9-14(19)18-7-6-17(5)15(3,4)11-18/h12-13H,6-11,16H2,1-5H3. The summed E-state index contributed by atoms with van der Waals surface area (Å²) in [5.74, 6) is 1.21. The van der Waals surface area contributed by atoms with Gasteiger partial charge in [-0.05, 0) is 45.7 Å². The Morgan fingerprint density at radius 3 is 2.42 bits per heavy atom. The Morgan fingerprint density at radius 1 is 1.32 bits per heavy atom. The summed E-state index contributed by atoms with van der Waals surface area (Å²) in [5, 5.41) is 0. The highest BCUT2D eigenvalue weighted by Gasteiger charge is 2.33. The van der Waals surface area contributed by atoms with Crippen molar-refractivity contribution in [2.45, 2.75) is 46.1 Å². The molecule has 1 aliphatic rings. The van der Waals surface area contributed by atoms with Gasteiger partial charge in [0.25, 0.3) is 0 Å². The molecule has 1 unspecified atom stereocenters. The Labute approximate surface area is 118 Å². The van der Waals surface area contributed by atoms with E-state index in [0.717, 1.165) is 26.1 Å². The van der Waals surface area contributed by atoms with E-state index in [-0.39, 0.29) is 11.4 Å². The highest BCUT2D eigenvalue weighted by atomic mass is 16.2. The first kappa shape index (κ1) is 16.4. The molecular formula is C15H31N3O. The molecule has 112 valence electrons. The van der Waals surface area contributed by atoms with Crippen molar-refractivity contribution in [3.8, 4) is 0 Å². The molecule has 0 radical (unpaired) electrons. The molecule has 4 nitrogen and oxygen atoms in total. The van der Waals surface area contributed by atoms with E-state index in [9.17, 15) is 4.79 Å². The molecule has 19 heavy (non-hydrogen) atoms. The molecule has 4 heteroatoms. The van der Waals surface area contributed by atoms with Gasteiger partial charge in [0.1, 0.15) is 0 Å². The van der Waals surface area contributed by atoms with Crippen LogP contribution in [0.3, 0.4) is 0 Å². The summed E-state index contributed by atoms with van der Waals surface area (Å²) in [7, 11) is 2.13. The molecule has 1 saturated heterocycles. The van der Waals surface area contributed by atoms with E-state index in [1.807, 2.05) is 4.90 Å². The number of nitrogens with zero attached hydrogens (tertiary/aromatic N) is 2. The molecule has 1 heterocycles. The van der Waals surface area contributed by atoms with E-state index in [0.29, 0.717) is 24.8 Å². The molecule has 0 aromatic carbocycles. The zero-order chi connectivity index (χ0) is 14.6. The molecule has 0 aromatic heterocycles. The zero-order valence-corrected chi connectivity index (χ0v) is 13.3. The van der Waals surface area contributed by atoms with Crippen LogP contribution < -0.4 is 5.73 Å². The van der Waals surface area contributed by atoms with E-state index < -0.39 is 0 Å². The predicted molar refractivity (Wildman–Crippen MR) is 79.9 cm³/mol.